The molecule has 1 aliphatic heterocycles. The molecule has 0 bridgehead atoms. The first-order valence-corrected chi connectivity index (χ1v) is 7.11. The van der Waals surface area contributed by atoms with Crippen molar-refractivity contribution in [1.29, 1.82) is 0 Å². The maximum Gasteiger partial charge on any atom is 0.223 e. The molecule has 0 saturated carbocycles. The molecule has 2 unspecified atom stereocenters. The van der Waals surface area contributed by atoms with Crippen LogP contribution in [0, 0.1) is 11.3 Å². The van der Waals surface area contributed by atoms with E-state index in [0.29, 0.717) is 25.4 Å². The van der Waals surface area contributed by atoms with Gasteiger partial charge in [0, 0.05) is 19.5 Å². The average Bonchev–Trinajstić information content (AvgIpc) is 2.25. The zero-order valence-corrected chi connectivity index (χ0v) is 13.2. The molecule has 0 spiro atoms. The summed E-state index contributed by atoms with van der Waals surface area (Å²) in [7, 11) is 0. The Bertz CT molecular complexity index is 320. The normalized spacial score (nSPS) is 25.2. The summed E-state index contributed by atoms with van der Waals surface area (Å²) in [6, 6.07) is 0. The fourth-order valence-electron chi connectivity index (χ4n) is 2.28. The number of aliphatic hydroxyl groups excluding tert-OH is 1. The first-order valence-electron chi connectivity index (χ1n) is 7.11. The maximum atomic E-state index is 12.4. The standard InChI is InChI=1S/C15H29NO3/c1-11(14(2,3)4)7-13(18)16-8-12(9-17)19-15(5,6)10-16/h11-12,17H,7-10H2,1-6H3. The minimum atomic E-state index is -0.383. The number of morpholine rings is 1. The van der Waals surface area contributed by atoms with E-state index in [-0.39, 0.29) is 29.6 Å². The predicted octanol–water partition coefficient (Wildman–Crippen LogP) is 2.06. The average molecular weight is 271 g/mol. The quantitative estimate of drug-likeness (QED) is 0.855. The second-order valence-electron chi connectivity index (χ2n) is 7.43. The second-order valence-corrected chi connectivity index (χ2v) is 7.43. The summed E-state index contributed by atoms with van der Waals surface area (Å²) in [6.07, 6.45) is 0.287. The van der Waals surface area contributed by atoms with E-state index in [1.165, 1.54) is 0 Å². The number of amides is 1. The first-order chi connectivity index (χ1) is 8.55. The molecule has 0 aliphatic carbocycles. The predicted molar refractivity (Wildman–Crippen MR) is 75.9 cm³/mol. The van der Waals surface area contributed by atoms with Crippen LogP contribution in [0.4, 0.5) is 0 Å². The molecule has 1 aliphatic rings. The fourth-order valence-corrected chi connectivity index (χ4v) is 2.28. The van der Waals surface area contributed by atoms with Gasteiger partial charge in [0.15, 0.2) is 0 Å². The minimum Gasteiger partial charge on any atom is -0.394 e. The Morgan fingerprint density at radius 1 is 1.47 bits per heavy atom. The number of nitrogens with zero attached hydrogens (tertiary/aromatic N) is 1. The van der Waals surface area contributed by atoms with Gasteiger partial charge in [-0.05, 0) is 25.2 Å². The monoisotopic (exact) mass is 271 g/mol. The largest absolute Gasteiger partial charge is 0.394 e. The zero-order valence-electron chi connectivity index (χ0n) is 13.2. The van der Waals surface area contributed by atoms with Crippen molar-refractivity contribution >= 4 is 5.91 Å². The molecule has 1 fully saturated rings. The van der Waals surface area contributed by atoms with Gasteiger partial charge in [0.2, 0.25) is 5.91 Å². The van der Waals surface area contributed by atoms with Crippen LogP contribution in [0.3, 0.4) is 0 Å². The van der Waals surface area contributed by atoms with Crippen LogP contribution in [0.25, 0.3) is 0 Å². The smallest absolute Gasteiger partial charge is 0.223 e. The van der Waals surface area contributed by atoms with E-state index in [0.717, 1.165) is 0 Å². The fraction of sp³-hybridized carbons (Fsp3) is 0.933. The first kappa shape index (κ1) is 16.4. The van der Waals surface area contributed by atoms with Crippen LogP contribution in [-0.4, -0.2) is 47.3 Å². The van der Waals surface area contributed by atoms with Gasteiger partial charge in [-0.25, -0.2) is 0 Å². The Morgan fingerprint density at radius 3 is 2.53 bits per heavy atom. The maximum absolute atomic E-state index is 12.4. The van der Waals surface area contributed by atoms with Crippen molar-refractivity contribution in [2.24, 2.45) is 11.3 Å². The highest BCUT2D eigenvalue weighted by Crippen LogP contribution is 2.29. The Hall–Kier alpha value is -0.610. The highest BCUT2D eigenvalue weighted by molar-refractivity contribution is 5.76. The van der Waals surface area contributed by atoms with Gasteiger partial charge in [-0.15, -0.1) is 0 Å². The molecule has 1 amide bonds. The minimum absolute atomic E-state index is 0.0396. The lowest BCUT2D eigenvalue weighted by atomic mass is 9.80. The van der Waals surface area contributed by atoms with Gasteiger partial charge in [-0.1, -0.05) is 27.7 Å². The van der Waals surface area contributed by atoms with Crippen LogP contribution in [0.15, 0.2) is 0 Å². The molecule has 4 heteroatoms. The van der Waals surface area contributed by atoms with Gasteiger partial charge >= 0.3 is 0 Å². The Balaban J connectivity index is 2.66. The Kier molecular flexibility index (Phi) is 5.02. The SMILES string of the molecule is CC(CC(=O)N1CC(CO)OC(C)(C)C1)C(C)(C)C. The summed E-state index contributed by atoms with van der Waals surface area (Å²) in [5.41, 5.74) is -0.250. The van der Waals surface area contributed by atoms with Gasteiger partial charge in [0.25, 0.3) is 0 Å². The Morgan fingerprint density at radius 2 is 2.05 bits per heavy atom. The number of hydrogen-bond acceptors (Lipinski definition) is 3. The van der Waals surface area contributed by atoms with Crippen molar-refractivity contribution in [3.63, 3.8) is 0 Å². The third-order valence-corrected chi connectivity index (χ3v) is 4.00. The van der Waals surface area contributed by atoms with Crippen molar-refractivity contribution < 1.29 is 14.6 Å². The van der Waals surface area contributed by atoms with E-state index in [2.05, 4.69) is 27.7 Å². The van der Waals surface area contributed by atoms with Crippen molar-refractivity contribution in [2.45, 2.75) is 59.7 Å². The van der Waals surface area contributed by atoms with E-state index < -0.39 is 0 Å². The van der Waals surface area contributed by atoms with Crippen LogP contribution in [-0.2, 0) is 9.53 Å². The van der Waals surface area contributed by atoms with Crippen LogP contribution in [0.1, 0.15) is 48.0 Å². The van der Waals surface area contributed by atoms with Gasteiger partial charge < -0.3 is 14.7 Å². The van der Waals surface area contributed by atoms with E-state index in [9.17, 15) is 9.90 Å². The topological polar surface area (TPSA) is 49.8 Å². The highest BCUT2D eigenvalue weighted by Gasteiger charge is 2.36. The van der Waals surface area contributed by atoms with E-state index in [4.69, 9.17) is 4.74 Å². The molecule has 1 heterocycles. The van der Waals surface area contributed by atoms with Crippen molar-refractivity contribution in [3.05, 3.63) is 0 Å². The molecule has 0 aromatic heterocycles. The molecular weight excluding hydrogens is 242 g/mol. The lowest BCUT2D eigenvalue weighted by Gasteiger charge is -2.43. The number of rotatable bonds is 3. The lowest BCUT2D eigenvalue weighted by molar-refractivity contribution is -0.168. The van der Waals surface area contributed by atoms with E-state index in [1.54, 1.807) is 0 Å². The van der Waals surface area contributed by atoms with Crippen molar-refractivity contribution in [1.82, 2.24) is 4.90 Å². The van der Waals surface area contributed by atoms with Gasteiger partial charge in [0.05, 0.1) is 18.3 Å². The summed E-state index contributed by atoms with van der Waals surface area (Å²) in [4.78, 5) is 14.2. The lowest BCUT2D eigenvalue weighted by Crippen LogP contribution is -2.55. The second kappa shape index (κ2) is 5.80. The molecule has 1 saturated heterocycles. The van der Waals surface area contributed by atoms with Crippen LogP contribution in [0.5, 0.6) is 0 Å². The van der Waals surface area contributed by atoms with Crippen LogP contribution < -0.4 is 0 Å². The van der Waals surface area contributed by atoms with Crippen LogP contribution >= 0.6 is 0 Å². The molecule has 112 valence electrons. The summed E-state index contributed by atoms with van der Waals surface area (Å²) in [5, 5.41) is 9.27. The molecule has 2 atom stereocenters. The van der Waals surface area contributed by atoms with E-state index in [1.807, 2.05) is 18.7 Å². The van der Waals surface area contributed by atoms with Gasteiger partial charge in [-0.3, -0.25) is 4.79 Å². The molecule has 0 aromatic rings. The van der Waals surface area contributed by atoms with E-state index >= 15 is 0 Å². The molecule has 19 heavy (non-hydrogen) atoms. The Labute approximate surface area is 117 Å². The summed E-state index contributed by atoms with van der Waals surface area (Å²) in [6.45, 7) is 13.6. The molecule has 1 rings (SSSR count). The number of aliphatic hydroxyl groups is 1. The van der Waals surface area contributed by atoms with Crippen molar-refractivity contribution in [2.75, 3.05) is 19.7 Å². The van der Waals surface area contributed by atoms with Gasteiger partial charge in [0.1, 0.15) is 0 Å². The van der Waals surface area contributed by atoms with Crippen molar-refractivity contribution in [3.8, 4) is 0 Å². The number of carbonyl (C=O) groups is 1. The zero-order chi connectivity index (χ0) is 14.8. The third kappa shape index (κ3) is 4.77. The molecule has 1 N–H and O–H groups in total. The van der Waals surface area contributed by atoms with Crippen LogP contribution in [0.2, 0.25) is 0 Å². The molecule has 4 nitrogen and oxygen atoms in total. The number of carbonyl (C=O) groups excluding carboxylic acids is 1. The summed E-state index contributed by atoms with van der Waals surface area (Å²) < 4.78 is 5.73. The molecule has 0 radical (unpaired) electrons. The molecule has 0 aromatic carbocycles. The third-order valence-electron chi connectivity index (χ3n) is 4.00. The van der Waals surface area contributed by atoms with Gasteiger partial charge in [-0.2, -0.15) is 0 Å². The number of ether oxygens (including phenoxy) is 1. The number of hydrogen-bond donors (Lipinski definition) is 1. The molecular formula is C15H29NO3. The summed E-state index contributed by atoms with van der Waals surface area (Å²) >= 11 is 0. The highest BCUT2D eigenvalue weighted by atomic mass is 16.5. The summed E-state index contributed by atoms with van der Waals surface area (Å²) in [5.74, 6) is 0.496.